The van der Waals surface area contributed by atoms with E-state index in [0.29, 0.717) is 13.0 Å². The minimum absolute atomic E-state index is 0.0162. The lowest BCUT2D eigenvalue weighted by Crippen LogP contribution is -2.35. The van der Waals surface area contributed by atoms with Gasteiger partial charge in [0.1, 0.15) is 5.78 Å². The summed E-state index contributed by atoms with van der Waals surface area (Å²) in [5.74, 6) is -0.244. The average Bonchev–Trinajstić information content (AvgIpc) is 2.99. The number of carbonyl (C=O) groups is 2. The van der Waals surface area contributed by atoms with E-state index in [1.165, 1.54) is 161 Å². The van der Waals surface area contributed by atoms with Gasteiger partial charge in [-0.25, -0.2) is 0 Å². The molecule has 0 aliphatic heterocycles. The van der Waals surface area contributed by atoms with Gasteiger partial charge in [0, 0.05) is 13.0 Å². The van der Waals surface area contributed by atoms with E-state index in [1.807, 2.05) is 0 Å². The molecule has 0 heterocycles. The van der Waals surface area contributed by atoms with E-state index in [2.05, 4.69) is 26.1 Å². The van der Waals surface area contributed by atoms with Gasteiger partial charge in [-0.1, -0.05) is 201 Å². The van der Waals surface area contributed by atoms with Gasteiger partial charge in [-0.05, 0) is 19.3 Å². The van der Waals surface area contributed by atoms with Gasteiger partial charge < -0.3 is 5.32 Å². The molecule has 3 heteroatoms. The Labute approximate surface area is 264 Å². The van der Waals surface area contributed by atoms with Crippen molar-refractivity contribution in [3.8, 4) is 0 Å². The van der Waals surface area contributed by atoms with Gasteiger partial charge in [-0.3, -0.25) is 9.59 Å². The van der Waals surface area contributed by atoms with Crippen LogP contribution in [0.2, 0.25) is 0 Å². The Hall–Kier alpha value is -0.860. The normalized spacial score (nSPS) is 12.1. The first-order valence-electron chi connectivity index (χ1n) is 19.5. The Kier molecular flexibility index (Phi) is 33.9. The highest BCUT2D eigenvalue weighted by molar-refractivity contribution is 6.01. The van der Waals surface area contributed by atoms with Crippen molar-refractivity contribution < 1.29 is 9.59 Å². The number of ketones is 1. The fourth-order valence-corrected chi connectivity index (χ4v) is 6.20. The van der Waals surface area contributed by atoms with Crippen molar-refractivity contribution in [3.05, 3.63) is 0 Å². The van der Waals surface area contributed by atoms with E-state index < -0.39 is 5.92 Å². The van der Waals surface area contributed by atoms with Crippen molar-refractivity contribution in [2.24, 2.45) is 5.92 Å². The summed E-state index contributed by atoms with van der Waals surface area (Å²) in [5.41, 5.74) is 0. The first-order chi connectivity index (χ1) is 20.7. The number of hydrogen-bond donors (Lipinski definition) is 1. The lowest BCUT2D eigenvalue weighted by atomic mass is 9.92. The van der Waals surface area contributed by atoms with Gasteiger partial charge in [-0.15, -0.1) is 0 Å². The molecule has 42 heavy (non-hydrogen) atoms. The summed E-state index contributed by atoms with van der Waals surface area (Å²) in [6.45, 7) is 7.32. The Morgan fingerprint density at radius 2 is 0.714 bits per heavy atom. The summed E-state index contributed by atoms with van der Waals surface area (Å²) >= 11 is 0. The molecule has 1 N–H and O–H groups in total. The van der Waals surface area contributed by atoms with Gasteiger partial charge in [0.15, 0.2) is 0 Å². The van der Waals surface area contributed by atoms with E-state index in [0.717, 1.165) is 38.5 Å². The molecule has 0 bridgehead atoms. The molecule has 0 radical (unpaired) electrons. The van der Waals surface area contributed by atoms with Crippen molar-refractivity contribution in [2.45, 2.75) is 226 Å². The van der Waals surface area contributed by atoms with Crippen molar-refractivity contribution in [1.82, 2.24) is 5.32 Å². The Morgan fingerprint density at radius 1 is 0.405 bits per heavy atom. The number of unbranched alkanes of at least 4 members (excludes halogenated alkanes) is 27. The van der Waals surface area contributed by atoms with Crippen LogP contribution in [0.3, 0.4) is 0 Å². The number of Topliss-reactive ketones (excluding diaryl/α,β-unsaturated/α-hetero) is 1. The van der Waals surface area contributed by atoms with Crippen molar-refractivity contribution >= 4 is 11.7 Å². The zero-order valence-electron chi connectivity index (χ0n) is 29.2. The second kappa shape index (κ2) is 34.6. The minimum atomic E-state index is -0.416. The summed E-state index contributed by atoms with van der Waals surface area (Å²) in [6, 6.07) is 0. The topological polar surface area (TPSA) is 46.2 Å². The molecule has 1 unspecified atom stereocenters. The fraction of sp³-hybridized carbons (Fsp3) is 0.949. The van der Waals surface area contributed by atoms with Crippen LogP contribution in [0.4, 0.5) is 0 Å². The number of rotatable bonds is 35. The summed E-state index contributed by atoms with van der Waals surface area (Å²) in [4.78, 5) is 25.7. The zero-order valence-corrected chi connectivity index (χ0v) is 29.2. The molecule has 0 aromatic rings. The van der Waals surface area contributed by atoms with Crippen LogP contribution in [-0.4, -0.2) is 18.2 Å². The highest BCUT2D eigenvalue weighted by Crippen LogP contribution is 2.19. The third kappa shape index (κ3) is 29.2. The number of nitrogens with one attached hydrogen (secondary N) is 1. The molecular formula is C39H77NO2. The number of hydrogen-bond acceptors (Lipinski definition) is 2. The SMILES string of the molecule is CCCCCCCCCCCCCCCCCC(=O)C(CCCCCCCCCCCCCCCC)C(=O)NCCC. The van der Waals surface area contributed by atoms with Crippen molar-refractivity contribution in [3.63, 3.8) is 0 Å². The lowest BCUT2D eigenvalue weighted by molar-refractivity contribution is -0.134. The Bertz CT molecular complexity index is 561. The zero-order chi connectivity index (χ0) is 30.8. The molecule has 0 fully saturated rings. The molecule has 0 aliphatic rings. The monoisotopic (exact) mass is 592 g/mol. The Morgan fingerprint density at radius 3 is 1.05 bits per heavy atom. The number of amides is 1. The summed E-state index contributed by atoms with van der Waals surface area (Å²) in [5, 5.41) is 3.01. The van der Waals surface area contributed by atoms with Crippen LogP contribution < -0.4 is 5.32 Å². The minimum Gasteiger partial charge on any atom is -0.355 e. The first-order valence-corrected chi connectivity index (χ1v) is 19.5. The largest absolute Gasteiger partial charge is 0.355 e. The molecule has 3 nitrogen and oxygen atoms in total. The maximum Gasteiger partial charge on any atom is 0.230 e. The molecule has 0 aromatic heterocycles. The second-order valence-electron chi connectivity index (χ2n) is 13.4. The smallest absolute Gasteiger partial charge is 0.230 e. The second-order valence-corrected chi connectivity index (χ2v) is 13.4. The number of carbonyl (C=O) groups excluding carboxylic acids is 2. The van der Waals surface area contributed by atoms with Crippen LogP contribution in [0, 0.1) is 5.92 Å². The van der Waals surface area contributed by atoms with Crippen LogP contribution in [0.5, 0.6) is 0 Å². The standard InChI is InChI=1S/C39H77NO2/c1-4-7-9-11-13-15-17-19-21-23-25-27-29-31-33-35-38(41)37(39(42)40-36-6-3)34-32-30-28-26-24-22-20-18-16-14-12-10-8-5-2/h37H,4-36H2,1-3H3,(H,40,42). The third-order valence-corrected chi connectivity index (χ3v) is 9.13. The maximum atomic E-state index is 13.0. The molecule has 0 spiro atoms. The van der Waals surface area contributed by atoms with E-state index in [9.17, 15) is 9.59 Å². The van der Waals surface area contributed by atoms with Crippen LogP contribution >= 0.6 is 0 Å². The van der Waals surface area contributed by atoms with E-state index in [-0.39, 0.29) is 11.7 Å². The van der Waals surface area contributed by atoms with Gasteiger partial charge in [0.05, 0.1) is 5.92 Å². The molecule has 0 saturated carbocycles. The molecule has 0 aromatic carbocycles. The third-order valence-electron chi connectivity index (χ3n) is 9.13. The summed E-state index contributed by atoms with van der Waals surface area (Å²) in [7, 11) is 0. The maximum absolute atomic E-state index is 13.0. The molecule has 0 rings (SSSR count). The molecular weight excluding hydrogens is 514 g/mol. The summed E-state index contributed by atoms with van der Waals surface area (Å²) in [6.07, 6.45) is 40.9. The predicted octanol–water partition coefficient (Wildman–Crippen LogP) is 12.8. The molecule has 1 amide bonds. The van der Waals surface area contributed by atoms with Gasteiger partial charge >= 0.3 is 0 Å². The van der Waals surface area contributed by atoms with Gasteiger partial charge in [0.2, 0.25) is 5.91 Å². The van der Waals surface area contributed by atoms with Crippen molar-refractivity contribution in [2.75, 3.05) is 6.54 Å². The van der Waals surface area contributed by atoms with E-state index in [1.54, 1.807) is 0 Å². The van der Waals surface area contributed by atoms with Crippen LogP contribution in [0.1, 0.15) is 226 Å². The molecule has 250 valence electrons. The quantitative estimate of drug-likeness (QED) is 0.0588. The van der Waals surface area contributed by atoms with Crippen LogP contribution in [-0.2, 0) is 9.59 Å². The average molecular weight is 592 g/mol. The Balaban J connectivity index is 3.83. The fourth-order valence-electron chi connectivity index (χ4n) is 6.20. The summed E-state index contributed by atoms with van der Waals surface area (Å²) < 4.78 is 0. The van der Waals surface area contributed by atoms with Crippen molar-refractivity contribution in [1.29, 1.82) is 0 Å². The van der Waals surface area contributed by atoms with E-state index >= 15 is 0 Å². The van der Waals surface area contributed by atoms with Gasteiger partial charge in [-0.2, -0.15) is 0 Å². The highest BCUT2D eigenvalue weighted by atomic mass is 16.2. The highest BCUT2D eigenvalue weighted by Gasteiger charge is 2.25. The van der Waals surface area contributed by atoms with E-state index in [4.69, 9.17) is 0 Å². The van der Waals surface area contributed by atoms with Gasteiger partial charge in [0.25, 0.3) is 0 Å². The molecule has 1 atom stereocenters. The predicted molar refractivity (Wildman–Crippen MR) is 186 cm³/mol. The van der Waals surface area contributed by atoms with Crippen LogP contribution in [0.25, 0.3) is 0 Å². The molecule has 0 saturated heterocycles. The first kappa shape index (κ1) is 41.1. The van der Waals surface area contributed by atoms with Crippen LogP contribution in [0.15, 0.2) is 0 Å². The molecule has 0 aliphatic carbocycles. The lowest BCUT2D eigenvalue weighted by Gasteiger charge is -2.16.